The van der Waals surface area contributed by atoms with Crippen LogP contribution in [-0.4, -0.2) is 32.8 Å². The minimum Gasteiger partial charge on any atom is -0.497 e. The van der Waals surface area contributed by atoms with Crippen LogP contribution in [0.1, 0.15) is 31.2 Å². The first-order valence-corrected chi connectivity index (χ1v) is 7.11. The first kappa shape index (κ1) is 15.2. The van der Waals surface area contributed by atoms with Gasteiger partial charge in [-0.25, -0.2) is 0 Å². The molecule has 21 heavy (non-hydrogen) atoms. The van der Waals surface area contributed by atoms with E-state index in [1.54, 1.807) is 19.2 Å². The zero-order valence-corrected chi connectivity index (χ0v) is 12.5. The molecule has 112 valence electrons. The number of carbonyl (C=O) groups excluding carboxylic acids is 1. The number of piperidine rings is 1. The second kappa shape index (κ2) is 6.98. The van der Waals surface area contributed by atoms with Crippen molar-refractivity contribution in [3.8, 4) is 11.8 Å². The number of hydrogen-bond acceptors (Lipinski definition) is 5. The van der Waals surface area contributed by atoms with E-state index in [1.807, 2.05) is 6.07 Å². The Labute approximate surface area is 125 Å². The molecule has 1 fully saturated rings. The summed E-state index contributed by atoms with van der Waals surface area (Å²) in [7, 11) is 3.01. The van der Waals surface area contributed by atoms with Crippen LogP contribution in [-0.2, 0) is 9.53 Å². The van der Waals surface area contributed by atoms with Gasteiger partial charge in [0.15, 0.2) is 0 Å². The summed E-state index contributed by atoms with van der Waals surface area (Å²) in [5.41, 5.74) is 1.44. The predicted octanol–water partition coefficient (Wildman–Crippen LogP) is 2.49. The van der Waals surface area contributed by atoms with Crippen molar-refractivity contribution in [3.63, 3.8) is 0 Å². The highest BCUT2D eigenvalue weighted by Gasteiger charge is 2.27. The predicted molar refractivity (Wildman–Crippen MR) is 79.3 cm³/mol. The highest BCUT2D eigenvalue weighted by Crippen LogP contribution is 2.32. The van der Waals surface area contributed by atoms with Gasteiger partial charge in [-0.15, -0.1) is 0 Å². The zero-order valence-electron chi connectivity index (χ0n) is 12.5. The highest BCUT2D eigenvalue weighted by molar-refractivity contribution is 5.72. The molecule has 1 aliphatic rings. The Hall–Kier alpha value is -2.22. The SMILES string of the molecule is COC(=O)CC1CCCCN1c1cc(OC)ccc1C#N. The van der Waals surface area contributed by atoms with Gasteiger partial charge < -0.3 is 14.4 Å². The van der Waals surface area contributed by atoms with Gasteiger partial charge in [-0.2, -0.15) is 5.26 Å². The number of anilines is 1. The van der Waals surface area contributed by atoms with Gasteiger partial charge in [0.1, 0.15) is 11.8 Å². The van der Waals surface area contributed by atoms with E-state index >= 15 is 0 Å². The molecule has 1 aromatic rings. The number of ether oxygens (including phenoxy) is 2. The smallest absolute Gasteiger partial charge is 0.307 e. The molecule has 0 aliphatic carbocycles. The van der Waals surface area contributed by atoms with Crippen molar-refractivity contribution in [2.45, 2.75) is 31.7 Å². The van der Waals surface area contributed by atoms with Crippen LogP contribution < -0.4 is 9.64 Å². The van der Waals surface area contributed by atoms with E-state index in [0.717, 1.165) is 31.5 Å². The number of methoxy groups -OCH3 is 2. The van der Waals surface area contributed by atoms with Crippen LogP contribution in [0.25, 0.3) is 0 Å². The molecule has 0 spiro atoms. The largest absolute Gasteiger partial charge is 0.497 e. The molecule has 1 aliphatic heterocycles. The summed E-state index contributed by atoms with van der Waals surface area (Å²) in [5.74, 6) is 0.500. The molecule has 0 bridgehead atoms. The Balaban J connectivity index is 2.32. The van der Waals surface area contributed by atoms with Gasteiger partial charge in [-0.05, 0) is 31.4 Å². The van der Waals surface area contributed by atoms with E-state index in [9.17, 15) is 10.1 Å². The van der Waals surface area contributed by atoms with Crippen LogP contribution in [0.4, 0.5) is 5.69 Å². The standard InChI is InChI=1S/C16H20N2O3/c1-20-14-7-6-12(11-17)15(10-14)18-8-4-3-5-13(18)9-16(19)21-2/h6-7,10,13H,3-5,8-9H2,1-2H3. The molecule has 5 heteroatoms. The zero-order chi connectivity index (χ0) is 15.2. The van der Waals surface area contributed by atoms with Crippen molar-refractivity contribution in [2.24, 2.45) is 0 Å². The number of nitriles is 1. The second-order valence-corrected chi connectivity index (χ2v) is 5.12. The minimum absolute atomic E-state index is 0.0745. The van der Waals surface area contributed by atoms with Crippen LogP contribution in [0.2, 0.25) is 0 Å². The molecule has 0 radical (unpaired) electrons. The molecule has 1 saturated heterocycles. The number of nitrogens with zero attached hydrogens (tertiary/aromatic N) is 2. The summed E-state index contributed by atoms with van der Waals surface area (Å²) >= 11 is 0. The van der Waals surface area contributed by atoms with E-state index in [4.69, 9.17) is 9.47 Å². The first-order chi connectivity index (χ1) is 10.2. The fourth-order valence-electron chi connectivity index (χ4n) is 2.78. The molecule has 1 aromatic carbocycles. The van der Waals surface area contributed by atoms with Gasteiger partial charge in [0, 0.05) is 18.7 Å². The topological polar surface area (TPSA) is 62.6 Å². The van der Waals surface area contributed by atoms with Gasteiger partial charge in [0.05, 0.1) is 31.9 Å². The lowest BCUT2D eigenvalue weighted by Gasteiger charge is -2.37. The summed E-state index contributed by atoms with van der Waals surface area (Å²) in [6.07, 6.45) is 3.42. The van der Waals surface area contributed by atoms with E-state index in [2.05, 4.69) is 11.0 Å². The summed E-state index contributed by atoms with van der Waals surface area (Å²) in [6.45, 7) is 0.837. The van der Waals surface area contributed by atoms with Gasteiger partial charge in [0.25, 0.3) is 0 Å². The maximum absolute atomic E-state index is 11.6. The van der Waals surface area contributed by atoms with Crippen LogP contribution in [0.15, 0.2) is 18.2 Å². The normalized spacial score (nSPS) is 18.0. The Bertz CT molecular complexity index is 551. The average molecular weight is 288 g/mol. The Kier molecular flexibility index (Phi) is 5.04. The molecule has 0 N–H and O–H groups in total. The Morgan fingerprint density at radius 2 is 2.24 bits per heavy atom. The van der Waals surface area contributed by atoms with E-state index in [1.165, 1.54) is 7.11 Å². The number of hydrogen-bond donors (Lipinski definition) is 0. The van der Waals surface area contributed by atoms with Gasteiger partial charge >= 0.3 is 5.97 Å². The molecule has 1 heterocycles. The highest BCUT2D eigenvalue weighted by atomic mass is 16.5. The molecule has 0 aromatic heterocycles. The molecule has 1 atom stereocenters. The molecule has 5 nitrogen and oxygen atoms in total. The maximum atomic E-state index is 11.6. The summed E-state index contributed by atoms with van der Waals surface area (Å²) in [6, 6.07) is 7.70. The van der Waals surface area contributed by atoms with Crippen LogP contribution in [0.5, 0.6) is 5.75 Å². The van der Waals surface area contributed by atoms with Gasteiger partial charge in [-0.3, -0.25) is 4.79 Å². The molecular formula is C16H20N2O3. The minimum atomic E-state index is -0.215. The fraction of sp³-hybridized carbons (Fsp3) is 0.500. The number of benzene rings is 1. The summed E-state index contributed by atoms with van der Waals surface area (Å²) in [5, 5.41) is 9.32. The van der Waals surface area contributed by atoms with Crippen LogP contribution in [0, 0.1) is 11.3 Å². The summed E-state index contributed by atoms with van der Waals surface area (Å²) < 4.78 is 10.0. The Morgan fingerprint density at radius 3 is 2.90 bits per heavy atom. The first-order valence-electron chi connectivity index (χ1n) is 7.11. The number of carbonyl (C=O) groups is 1. The molecule has 0 saturated carbocycles. The average Bonchev–Trinajstić information content (AvgIpc) is 2.54. The van der Waals surface area contributed by atoms with Crippen molar-refractivity contribution >= 4 is 11.7 Å². The fourth-order valence-corrected chi connectivity index (χ4v) is 2.78. The van der Waals surface area contributed by atoms with Crippen LogP contribution in [0.3, 0.4) is 0 Å². The number of esters is 1. The van der Waals surface area contributed by atoms with E-state index in [-0.39, 0.29) is 12.0 Å². The lowest BCUT2D eigenvalue weighted by Crippen LogP contribution is -2.41. The van der Waals surface area contributed by atoms with Crippen molar-refractivity contribution in [1.82, 2.24) is 0 Å². The maximum Gasteiger partial charge on any atom is 0.307 e. The summed E-state index contributed by atoms with van der Waals surface area (Å²) in [4.78, 5) is 13.7. The molecule has 1 unspecified atom stereocenters. The third-order valence-electron chi connectivity index (χ3n) is 3.89. The van der Waals surface area contributed by atoms with Gasteiger partial charge in [0.2, 0.25) is 0 Å². The van der Waals surface area contributed by atoms with Crippen molar-refractivity contribution in [2.75, 3.05) is 25.7 Å². The van der Waals surface area contributed by atoms with Crippen molar-refractivity contribution in [3.05, 3.63) is 23.8 Å². The van der Waals surface area contributed by atoms with Gasteiger partial charge in [-0.1, -0.05) is 0 Å². The lowest BCUT2D eigenvalue weighted by molar-refractivity contribution is -0.141. The number of rotatable bonds is 4. The Morgan fingerprint density at radius 1 is 1.43 bits per heavy atom. The van der Waals surface area contributed by atoms with E-state index in [0.29, 0.717) is 17.7 Å². The van der Waals surface area contributed by atoms with Crippen molar-refractivity contribution in [1.29, 1.82) is 5.26 Å². The van der Waals surface area contributed by atoms with E-state index < -0.39 is 0 Å². The monoisotopic (exact) mass is 288 g/mol. The third-order valence-corrected chi connectivity index (χ3v) is 3.89. The molecule has 0 amide bonds. The van der Waals surface area contributed by atoms with Crippen molar-refractivity contribution < 1.29 is 14.3 Å². The van der Waals surface area contributed by atoms with Crippen LogP contribution >= 0.6 is 0 Å². The molecular weight excluding hydrogens is 268 g/mol. The quantitative estimate of drug-likeness (QED) is 0.796. The third kappa shape index (κ3) is 3.46. The lowest BCUT2D eigenvalue weighted by atomic mass is 9.97. The second-order valence-electron chi connectivity index (χ2n) is 5.12. The molecule has 2 rings (SSSR count).